The zero-order valence-corrected chi connectivity index (χ0v) is 12.6. The molecule has 1 unspecified atom stereocenters. The van der Waals surface area contributed by atoms with Crippen molar-refractivity contribution < 1.29 is 4.79 Å². The van der Waals surface area contributed by atoms with E-state index in [1.165, 1.54) is 0 Å². The second-order valence-corrected chi connectivity index (χ2v) is 5.33. The molecule has 0 aliphatic rings. The van der Waals surface area contributed by atoms with Crippen LogP contribution < -0.4 is 11.1 Å². The van der Waals surface area contributed by atoms with Gasteiger partial charge in [-0.05, 0) is 47.0 Å². The van der Waals surface area contributed by atoms with Crippen molar-refractivity contribution in [3.8, 4) is 0 Å². The summed E-state index contributed by atoms with van der Waals surface area (Å²) in [7, 11) is 0. The lowest BCUT2D eigenvalue weighted by molar-refractivity contribution is -0.120. The maximum absolute atomic E-state index is 12.1. The van der Waals surface area contributed by atoms with E-state index in [1.54, 1.807) is 6.07 Å². The molecule has 0 aliphatic carbocycles. The van der Waals surface area contributed by atoms with Crippen LogP contribution in [0.1, 0.15) is 39.5 Å². The summed E-state index contributed by atoms with van der Waals surface area (Å²) in [6, 6.07) is 5.47. The number of nitrogens with one attached hydrogen (secondary N) is 1. The predicted octanol–water partition coefficient (Wildman–Crippen LogP) is 4.19. The van der Waals surface area contributed by atoms with E-state index in [0.717, 1.165) is 35.8 Å². The zero-order chi connectivity index (χ0) is 13.5. The van der Waals surface area contributed by atoms with E-state index < -0.39 is 0 Å². The van der Waals surface area contributed by atoms with Crippen LogP contribution in [0, 0.1) is 5.92 Å². The molecule has 100 valence electrons. The number of benzene rings is 1. The molecule has 0 spiro atoms. The Morgan fingerprint density at radius 2 is 2.17 bits per heavy atom. The number of rotatable bonds is 6. The molecule has 0 saturated carbocycles. The third kappa shape index (κ3) is 4.33. The second-order valence-electron chi connectivity index (χ2n) is 4.47. The van der Waals surface area contributed by atoms with Gasteiger partial charge in [-0.1, -0.05) is 26.7 Å². The van der Waals surface area contributed by atoms with Crippen molar-refractivity contribution in [2.24, 2.45) is 5.92 Å². The van der Waals surface area contributed by atoms with Gasteiger partial charge in [-0.25, -0.2) is 0 Å². The molecular formula is C14H21BrN2O. The number of unbranched alkanes of at least 4 members (excludes halogenated alkanes) is 1. The first-order valence-corrected chi connectivity index (χ1v) is 7.23. The molecule has 0 fully saturated rings. The molecule has 18 heavy (non-hydrogen) atoms. The molecule has 0 saturated heterocycles. The molecule has 1 rings (SSSR count). The van der Waals surface area contributed by atoms with Crippen LogP contribution in [0.5, 0.6) is 0 Å². The topological polar surface area (TPSA) is 55.1 Å². The minimum Gasteiger partial charge on any atom is -0.398 e. The van der Waals surface area contributed by atoms with Gasteiger partial charge in [-0.2, -0.15) is 0 Å². The van der Waals surface area contributed by atoms with E-state index in [2.05, 4.69) is 35.1 Å². The molecule has 4 heteroatoms. The fourth-order valence-corrected chi connectivity index (χ4v) is 2.08. The maximum atomic E-state index is 12.1. The van der Waals surface area contributed by atoms with E-state index in [1.807, 2.05) is 12.1 Å². The number of hydrogen-bond acceptors (Lipinski definition) is 2. The normalized spacial score (nSPS) is 12.2. The lowest BCUT2D eigenvalue weighted by Gasteiger charge is -2.15. The van der Waals surface area contributed by atoms with Gasteiger partial charge in [0.15, 0.2) is 0 Å². The Bertz CT molecular complexity index is 407. The van der Waals surface area contributed by atoms with E-state index >= 15 is 0 Å². The van der Waals surface area contributed by atoms with E-state index in [9.17, 15) is 4.79 Å². The molecule has 0 heterocycles. The summed E-state index contributed by atoms with van der Waals surface area (Å²) in [5.74, 6) is 0.183. The maximum Gasteiger partial charge on any atom is 0.227 e. The number of halogens is 1. The van der Waals surface area contributed by atoms with Crippen molar-refractivity contribution >= 4 is 33.2 Å². The van der Waals surface area contributed by atoms with Gasteiger partial charge in [0.2, 0.25) is 5.91 Å². The van der Waals surface area contributed by atoms with Gasteiger partial charge in [-0.15, -0.1) is 0 Å². The van der Waals surface area contributed by atoms with Crippen molar-refractivity contribution in [3.05, 3.63) is 22.7 Å². The molecule has 0 aliphatic heterocycles. The molecule has 3 nitrogen and oxygen atoms in total. The first kappa shape index (κ1) is 15.0. The van der Waals surface area contributed by atoms with Crippen LogP contribution in [0.25, 0.3) is 0 Å². The summed E-state index contributed by atoms with van der Waals surface area (Å²) in [5.41, 5.74) is 7.18. The van der Waals surface area contributed by atoms with Crippen LogP contribution in [-0.4, -0.2) is 5.91 Å². The summed E-state index contributed by atoms with van der Waals surface area (Å²) >= 11 is 3.33. The fraction of sp³-hybridized carbons (Fsp3) is 0.500. The van der Waals surface area contributed by atoms with Crippen LogP contribution in [0.4, 0.5) is 11.4 Å². The Hall–Kier alpha value is -1.03. The molecular weight excluding hydrogens is 292 g/mol. The van der Waals surface area contributed by atoms with Crippen molar-refractivity contribution in [2.45, 2.75) is 39.5 Å². The summed E-state index contributed by atoms with van der Waals surface area (Å²) in [4.78, 5) is 12.1. The average Bonchev–Trinajstić information content (AvgIpc) is 2.35. The highest BCUT2D eigenvalue weighted by Crippen LogP contribution is 2.24. The van der Waals surface area contributed by atoms with Gasteiger partial charge >= 0.3 is 0 Å². The number of hydrogen-bond donors (Lipinski definition) is 2. The molecule has 3 N–H and O–H groups in total. The Morgan fingerprint density at radius 1 is 1.44 bits per heavy atom. The van der Waals surface area contributed by atoms with Crippen LogP contribution in [0.2, 0.25) is 0 Å². The van der Waals surface area contributed by atoms with Gasteiger partial charge in [0.25, 0.3) is 0 Å². The SMILES string of the molecule is CCCCC(CC)C(=O)Nc1ccc(Br)c(N)c1. The molecule has 1 amide bonds. The van der Waals surface area contributed by atoms with E-state index in [4.69, 9.17) is 5.73 Å². The predicted molar refractivity (Wildman–Crippen MR) is 80.5 cm³/mol. The quantitative estimate of drug-likeness (QED) is 0.774. The van der Waals surface area contributed by atoms with Crippen molar-refractivity contribution in [1.82, 2.24) is 0 Å². The lowest BCUT2D eigenvalue weighted by Crippen LogP contribution is -2.22. The number of carbonyl (C=O) groups is 1. The Kier molecular flexibility index (Phi) is 6.19. The average molecular weight is 313 g/mol. The number of amides is 1. The highest BCUT2D eigenvalue weighted by molar-refractivity contribution is 9.10. The van der Waals surface area contributed by atoms with Gasteiger partial charge < -0.3 is 11.1 Å². The standard InChI is InChI=1S/C14H21BrN2O/c1-3-5-6-10(4-2)14(18)17-11-7-8-12(15)13(16)9-11/h7-10H,3-6,16H2,1-2H3,(H,17,18). The van der Waals surface area contributed by atoms with Crippen molar-refractivity contribution in [2.75, 3.05) is 11.1 Å². The summed E-state index contributed by atoms with van der Waals surface area (Å²) in [5, 5.41) is 2.93. The number of anilines is 2. The molecule has 1 aromatic carbocycles. The van der Waals surface area contributed by atoms with Gasteiger partial charge in [0.05, 0.1) is 0 Å². The van der Waals surface area contributed by atoms with Crippen molar-refractivity contribution in [3.63, 3.8) is 0 Å². The summed E-state index contributed by atoms with van der Waals surface area (Å²) < 4.78 is 0.846. The van der Waals surface area contributed by atoms with E-state index in [0.29, 0.717) is 5.69 Å². The monoisotopic (exact) mass is 312 g/mol. The third-order valence-corrected chi connectivity index (χ3v) is 3.76. The molecule has 0 aromatic heterocycles. The van der Waals surface area contributed by atoms with Gasteiger partial charge in [0.1, 0.15) is 0 Å². The molecule has 1 aromatic rings. The first-order valence-electron chi connectivity index (χ1n) is 6.44. The highest BCUT2D eigenvalue weighted by atomic mass is 79.9. The Morgan fingerprint density at radius 3 is 2.72 bits per heavy atom. The van der Waals surface area contributed by atoms with Crippen LogP contribution in [-0.2, 0) is 4.79 Å². The van der Waals surface area contributed by atoms with Crippen molar-refractivity contribution in [1.29, 1.82) is 0 Å². The lowest BCUT2D eigenvalue weighted by atomic mass is 9.98. The highest BCUT2D eigenvalue weighted by Gasteiger charge is 2.15. The summed E-state index contributed by atoms with van der Waals surface area (Å²) in [6.07, 6.45) is 4.03. The number of nitrogens with two attached hydrogens (primary N) is 1. The first-order chi connectivity index (χ1) is 8.58. The fourth-order valence-electron chi connectivity index (χ4n) is 1.84. The second kappa shape index (κ2) is 7.41. The molecule has 0 bridgehead atoms. The van der Waals surface area contributed by atoms with Gasteiger partial charge in [-0.3, -0.25) is 4.79 Å². The zero-order valence-electron chi connectivity index (χ0n) is 11.0. The smallest absolute Gasteiger partial charge is 0.227 e. The third-order valence-electron chi connectivity index (χ3n) is 3.03. The van der Waals surface area contributed by atoms with Crippen LogP contribution >= 0.6 is 15.9 Å². The number of nitrogen functional groups attached to an aromatic ring is 1. The van der Waals surface area contributed by atoms with Crippen LogP contribution in [0.15, 0.2) is 22.7 Å². The van der Waals surface area contributed by atoms with E-state index in [-0.39, 0.29) is 11.8 Å². The minimum absolute atomic E-state index is 0.0904. The van der Waals surface area contributed by atoms with Gasteiger partial charge in [0, 0.05) is 21.8 Å². The molecule has 1 atom stereocenters. The number of carbonyl (C=O) groups excluding carboxylic acids is 1. The minimum atomic E-state index is 0.0904. The Labute approximate surface area is 117 Å². The van der Waals surface area contributed by atoms with Crippen LogP contribution in [0.3, 0.4) is 0 Å². The largest absolute Gasteiger partial charge is 0.398 e. The summed E-state index contributed by atoms with van der Waals surface area (Å²) in [6.45, 7) is 4.19. The Balaban J connectivity index is 2.64. The molecule has 0 radical (unpaired) electrons.